The number of ether oxygens (including phenoxy) is 1. The van der Waals surface area contributed by atoms with Gasteiger partial charge in [0.1, 0.15) is 18.1 Å². The Morgan fingerprint density at radius 3 is 3.00 bits per heavy atom. The second kappa shape index (κ2) is 5.81. The molecule has 2 aromatic rings. The number of hydrogen-bond donors (Lipinski definition) is 1. The smallest absolute Gasteiger partial charge is 0.328 e. The Bertz CT molecular complexity index is 591. The molecular formula is C13H12N2O4. The summed E-state index contributed by atoms with van der Waals surface area (Å²) in [6, 6.07) is 5.21. The minimum Gasteiger partial charge on any atom is -0.483 e. The maximum Gasteiger partial charge on any atom is 0.328 e. The van der Waals surface area contributed by atoms with E-state index in [1.807, 2.05) is 6.92 Å². The molecule has 0 unspecified atom stereocenters. The Morgan fingerprint density at radius 1 is 1.47 bits per heavy atom. The van der Waals surface area contributed by atoms with E-state index in [4.69, 9.17) is 14.4 Å². The molecule has 0 aliphatic heterocycles. The Hall–Kier alpha value is -2.63. The number of pyridine rings is 1. The Balaban J connectivity index is 2.16. The van der Waals surface area contributed by atoms with Crippen molar-refractivity contribution < 1.29 is 19.2 Å². The van der Waals surface area contributed by atoms with Crippen LogP contribution in [0.5, 0.6) is 5.75 Å². The monoisotopic (exact) mass is 260 g/mol. The number of carboxylic acid groups (broad SMARTS) is 1. The molecule has 0 aliphatic rings. The van der Waals surface area contributed by atoms with Crippen molar-refractivity contribution in [2.45, 2.75) is 13.5 Å². The molecule has 0 saturated carbocycles. The fraction of sp³-hybridized carbons (Fsp3) is 0.154. The summed E-state index contributed by atoms with van der Waals surface area (Å²) >= 11 is 0. The normalized spacial score (nSPS) is 10.8. The van der Waals surface area contributed by atoms with E-state index >= 15 is 0 Å². The molecule has 2 heterocycles. The molecule has 0 aromatic carbocycles. The van der Waals surface area contributed by atoms with Crippen molar-refractivity contribution in [3.63, 3.8) is 0 Å². The number of hydrogen-bond acceptors (Lipinski definition) is 5. The summed E-state index contributed by atoms with van der Waals surface area (Å²) in [7, 11) is 0. The van der Waals surface area contributed by atoms with E-state index in [2.05, 4.69) is 10.1 Å². The Morgan fingerprint density at radius 2 is 2.32 bits per heavy atom. The predicted molar refractivity (Wildman–Crippen MR) is 66.5 cm³/mol. The zero-order chi connectivity index (χ0) is 13.7. The minimum atomic E-state index is -1.04. The molecule has 0 spiro atoms. The third-order valence-corrected chi connectivity index (χ3v) is 2.27. The molecule has 0 fully saturated rings. The number of nitrogens with zero attached hydrogens (tertiary/aromatic N) is 2. The molecule has 98 valence electrons. The maximum absolute atomic E-state index is 10.5. The third kappa shape index (κ3) is 3.67. The van der Waals surface area contributed by atoms with E-state index in [-0.39, 0.29) is 6.61 Å². The summed E-state index contributed by atoms with van der Waals surface area (Å²) in [5.41, 5.74) is 1.24. The van der Waals surface area contributed by atoms with Crippen LogP contribution in [0.4, 0.5) is 0 Å². The summed E-state index contributed by atoms with van der Waals surface area (Å²) < 4.78 is 10.4. The van der Waals surface area contributed by atoms with Gasteiger partial charge < -0.3 is 14.4 Å². The van der Waals surface area contributed by atoms with Gasteiger partial charge in [0.05, 0.1) is 6.20 Å². The second-order valence-corrected chi connectivity index (χ2v) is 3.78. The zero-order valence-electron chi connectivity index (χ0n) is 10.2. The first-order chi connectivity index (χ1) is 9.15. The largest absolute Gasteiger partial charge is 0.483 e. The molecule has 1 N–H and O–H groups in total. The standard InChI is InChI=1S/C13H12N2O4/c1-9-2-4-12(11(15-9)3-5-13(16)17)18-8-10-6-7-14-19-10/h2-7H,8H2,1H3,(H,16,17). The average molecular weight is 260 g/mol. The van der Waals surface area contributed by atoms with Gasteiger partial charge in [-0.15, -0.1) is 0 Å². The molecule has 0 amide bonds. The summed E-state index contributed by atoms with van der Waals surface area (Å²) in [5, 5.41) is 12.2. The summed E-state index contributed by atoms with van der Waals surface area (Å²) in [6.45, 7) is 2.02. The number of carboxylic acids is 1. The average Bonchev–Trinajstić information content (AvgIpc) is 2.88. The molecule has 0 saturated heterocycles. The van der Waals surface area contributed by atoms with Crippen molar-refractivity contribution in [2.75, 3.05) is 0 Å². The fourth-order valence-electron chi connectivity index (χ4n) is 1.42. The van der Waals surface area contributed by atoms with Crippen LogP contribution in [0.3, 0.4) is 0 Å². The van der Waals surface area contributed by atoms with Crippen LogP contribution in [0.1, 0.15) is 17.1 Å². The van der Waals surface area contributed by atoms with Crippen LogP contribution in [0.2, 0.25) is 0 Å². The summed E-state index contributed by atoms with van der Waals surface area (Å²) in [6.07, 6.45) is 3.94. The van der Waals surface area contributed by atoms with Crippen molar-refractivity contribution >= 4 is 12.0 Å². The first-order valence-corrected chi connectivity index (χ1v) is 5.56. The highest BCUT2D eigenvalue weighted by Crippen LogP contribution is 2.19. The van der Waals surface area contributed by atoms with Crippen LogP contribution in [-0.2, 0) is 11.4 Å². The number of aryl methyl sites for hydroxylation is 1. The molecule has 0 atom stereocenters. The van der Waals surface area contributed by atoms with Gasteiger partial charge in [0, 0.05) is 17.8 Å². The summed E-state index contributed by atoms with van der Waals surface area (Å²) in [4.78, 5) is 14.8. The molecule has 2 rings (SSSR count). The van der Waals surface area contributed by atoms with Crippen LogP contribution in [0.15, 0.2) is 35.0 Å². The number of carbonyl (C=O) groups is 1. The van der Waals surface area contributed by atoms with E-state index in [0.29, 0.717) is 17.2 Å². The maximum atomic E-state index is 10.5. The lowest BCUT2D eigenvalue weighted by molar-refractivity contribution is -0.131. The molecule has 19 heavy (non-hydrogen) atoms. The first-order valence-electron chi connectivity index (χ1n) is 5.56. The van der Waals surface area contributed by atoms with Gasteiger partial charge in [-0.3, -0.25) is 0 Å². The molecule has 6 nitrogen and oxygen atoms in total. The van der Waals surface area contributed by atoms with Gasteiger partial charge in [0.2, 0.25) is 0 Å². The van der Waals surface area contributed by atoms with E-state index in [9.17, 15) is 4.79 Å². The Kier molecular flexibility index (Phi) is 3.92. The van der Waals surface area contributed by atoms with Gasteiger partial charge >= 0.3 is 5.97 Å². The van der Waals surface area contributed by atoms with Crippen molar-refractivity contribution in [2.24, 2.45) is 0 Å². The van der Waals surface area contributed by atoms with Gasteiger partial charge in [-0.1, -0.05) is 5.16 Å². The minimum absolute atomic E-state index is 0.207. The number of aliphatic carboxylic acids is 1. The van der Waals surface area contributed by atoms with E-state index in [1.54, 1.807) is 18.2 Å². The van der Waals surface area contributed by atoms with E-state index in [1.165, 1.54) is 12.3 Å². The van der Waals surface area contributed by atoms with E-state index < -0.39 is 5.97 Å². The van der Waals surface area contributed by atoms with Crippen molar-refractivity contribution in [3.05, 3.63) is 47.6 Å². The topological polar surface area (TPSA) is 85.5 Å². The lowest BCUT2D eigenvalue weighted by Gasteiger charge is -2.07. The zero-order valence-corrected chi connectivity index (χ0v) is 10.2. The van der Waals surface area contributed by atoms with E-state index in [0.717, 1.165) is 11.8 Å². The van der Waals surface area contributed by atoms with Crippen LogP contribution in [0, 0.1) is 6.92 Å². The van der Waals surface area contributed by atoms with Crippen molar-refractivity contribution in [1.82, 2.24) is 10.1 Å². The highest BCUT2D eigenvalue weighted by atomic mass is 16.5. The van der Waals surface area contributed by atoms with Crippen LogP contribution in [-0.4, -0.2) is 21.2 Å². The predicted octanol–water partition coefficient (Wildman–Crippen LogP) is 2.05. The lowest BCUT2D eigenvalue weighted by atomic mass is 10.2. The molecule has 2 aromatic heterocycles. The van der Waals surface area contributed by atoms with Gasteiger partial charge in [0.25, 0.3) is 0 Å². The molecule has 0 bridgehead atoms. The SMILES string of the molecule is Cc1ccc(OCc2ccno2)c(C=CC(=O)O)n1. The highest BCUT2D eigenvalue weighted by Gasteiger charge is 2.05. The Labute approximate surface area is 109 Å². The molecule has 6 heteroatoms. The second-order valence-electron chi connectivity index (χ2n) is 3.78. The highest BCUT2D eigenvalue weighted by molar-refractivity contribution is 5.85. The molecular weight excluding hydrogens is 248 g/mol. The first kappa shape index (κ1) is 12.8. The number of rotatable bonds is 5. The van der Waals surface area contributed by atoms with Gasteiger partial charge in [-0.2, -0.15) is 0 Å². The number of aromatic nitrogens is 2. The van der Waals surface area contributed by atoms with Gasteiger partial charge in [0.15, 0.2) is 5.76 Å². The van der Waals surface area contributed by atoms with Crippen LogP contribution >= 0.6 is 0 Å². The summed E-state index contributed by atoms with van der Waals surface area (Å²) in [5.74, 6) is 0.0257. The van der Waals surface area contributed by atoms with Crippen LogP contribution < -0.4 is 4.74 Å². The quantitative estimate of drug-likeness (QED) is 0.828. The van der Waals surface area contributed by atoms with Crippen molar-refractivity contribution in [3.8, 4) is 5.75 Å². The molecule has 0 radical (unpaired) electrons. The van der Waals surface area contributed by atoms with Crippen molar-refractivity contribution in [1.29, 1.82) is 0 Å². The lowest BCUT2D eigenvalue weighted by Crippen LogP contribution is -1.98. The van der Waals surface area contributed by atoms with Crippen LogP contribution in [0.25, 0.3) is 6.08 Å². The third-order valence-electron chi connectivity index (χ3n) is 2.27. The van der Waals surface area contributed by atoms with Gasteiger partial charge in [-0.25, -0.2) is 9.78 Å². The van der Waals surface area contributed by atoms with Gasteiger partial charge in [-0.05, 0) is 25.1 Å². The fourth-order valence-corrected chi connectivity index (χ4v) is 1.42. The molecule has 0 aliphatic carbocycles.